The molecule has 0 fully saturated rings. The molecule has 1 aliphatic heterocycles. The molecule has 1 atom stereocenters. The third kappa shape index (κ3) is 7.35. The normalized spacial score (nSPS) is 13.0. The molecule has 1 N–H and O–H groups in total. The van der Waals surface area contributed by atoms with E-state index in [0.717, 1.165) is 34.4 Å². The molecule has 0 saturated heterocycles. The first-order valence-electron chi connectivity index (χ1n) is 13.1. The van der Waals surface area contributed by atoms with E-state index in [0.29, 0.717) is 44.9 Å². The highest BCUT2D eigenvalue weighted by atomic mass is 16.6. The highest BCUT2D eigenvalue weighted by Gasteiger charge is 2.30. The molecule has 3 aromatic rings. The van der Waals surface area contributed by atoms with E-state index in [-0.39, 0.29) is 18.2 Å². The number of nitrogens with one attached hydrogen (secondary N) is 1. The van der Waals surface area contributed by atoms with Gasteiger partial charge in [-0.3, -0.25) is 9.59 Å². The number of carbonyl (C=O) groups is 2. The Morgan fingerprint density at radius 3 is 2.41 bits per heavy atom. The van der Waals surface area contributed by atoms with Crippen molar-refractivity contribution in [1.82, 2.24) is 10.2 Å². The molecular weight excluding hydrogens is 464 g/mol. The molecule has 1 heterocycles. The fraction of sp³-hybridized carbons (Fsp3) is 0.355. The molecule has 0 unspecified atom stereocenters. The summed E-state index contributed by atoms with van der Waals surface area (Å²) in [6, 6.07) is 23.2. The van der Waals surface area contributed by atoms with Gasteiger partial charge in [0.2, 0.25) is 11.8 Å². The summed E-state index contributed by atoms with van der Waals surface area (Å²) in [6.07, 6.45) is 2.13. The van der Waals surface area contributed by atoms with Crippen LogP contribution in [0.3, 0.4) is 0 Å². The quantitative estimate of drug-likeness (QED) is 0.408. The molecule has 1 aliphatic rings. The van der Waals surface area contributed by atoms with Gasteiger partial charge < -0.3 is 19.7 Å². The van der Waals surface area contributed by atoms with Crippen LogP contribution in [0.5, 0.6) is 11.5 Å². The van der Waals surface area contributed by atoms with E-state index in [9.17, 15) is 9.59 Å². The number of rotatable bonds is 11. The lowest BCUT2D eigenvalue weighted by atomic mass is 10.0. The third-order valence-electron chi connectivity index (χ3n) is 6.49. The molecule has 6 nitrogen and oxygen atoms in total. The average molecular weight is 501 g/mol. The number of ether oxygens (including phenoxy) is 2. The van der Waals surface area contributed by atoms with E-state index in [1.165, 1.54) is 0 Å². The molecule has 0 saturated carbocycles. The summed E-state index contributed by atoms with van der Waals surface area (Å²) in [5.74, 6) is 1.28. The second kappa shape index (κ2) is 12.9. The van der Waals surface area contributed by atoms with Gasteiger partial charge in [0.05, 0.1) is 0 Å². The van der Waals surface area contributed by atoms with E-state index in [1.807, 2.05) is 80.6 Å². The lowest BCUT2D eigenvalue weighted by molar-refractivity contribution is -0.141. The molecule has 6 heteroatoms. The first-order chi connectivity index (χ1) is 18.0. The zero-order valence-corrected chi connectivity index (χ0v) is 21.7. The first kappa shape index (κ1) is 26.3. The summed E-state index contributed by atoms with van der Waals surface area (Å²) in [7, 11) is 0. The van der Waals surface area contributed by atoms with Gasteiger partial charge in [0, 0.05) is 25.9 Å². The maximum atomic E-state index is 13.8. The van der Waals surface area contributed by atoms with Crippen molar-refractivity contribution >= 4 is 11.8 Å². The minimum absolute atomic E-state index is 0.0519. The predicted octanol–water partition coefficient (Wildman–Crippen LogP) is 4.87. The van der Waals surface area contributed by atoms with Gasteiger partial charge >= 0.3 is 0 Å². The molecule has 0 radical (unpaired) electrons. The summed E-state index contributed by atoms with van der Waals surface area (Å²) < 4.78 is 11.3. The van der Waals surface area contributed by atoms with Crippen LogP contribution in [0.2, 0.25) is 0 Å². The predicted molar refractivity (Wildman–Crippen MR) is 145 cm³/mol. The van der Waals surface area contributed by atoms with E-state index in [1.54, 1.807) is 4.90 Å². The minimum atomic E-state index is -0.609. The maximum absolute atomic E-state index is 13.8. The van der Waals surface area contributed by atoms with Gasteiger partial charge in [-0.25, -0.2) is 0 Å². The van der Waals surface area contributed by atoms with Crippen molar-refractivity contribution in [1.29, 1.82) is 0 Å². The highest BCUT2D eigenvalue weighted by molar-refractivity contribution is 5.88. The van der Waals surface area contributed by atoms with Crippen LogP contribution >= 0.6 is 0 Å². The lowest BCUT2D eigenvalue weighted by Gasteiger charge is -2.32. The van der Waals surface area contributed by atoms with Gasteiger partial charge in [-0.2, -0.15) is 0 Å². The standard InChI is InChI=1S/C31H36N2O4/c1-3-16-32-31(35)27(20-24-9-5-4-6-10-24)33(22-26-11-7-8-23(2)19-26)30(34)15-13-25-12-14-28-29(21-25)37-18-17-36-28/h4-12,14,19,21,27H,3,13,15-18,20,22H2,1-2H3,(H,32,35)/t27-/m0/s1. The smallest absolute Gasteiger partial charge is 0.243 e. The molecule has 37 heavy (non-hydrogen) atoms. The highest BCUT2D eigenvalue weighted by Crippen LogP contribution is 2.31. The Morgan fingerprint density at radius 1 is 0.892 bits per heavy atom. The molecule has 0 bridgehead atoms. The van der Waals surface area contributed by atoms with Crippen LogP contribution in [0, 0.1) is 6.92 Å². The van der Waals surface area contributed by atoms with Crippen LogP contribution in [0.4, 0.5) is 0 Å². The molecule has 4 rings (SSSR count). The topological polar surface area (TPSA) is 67.9 Å². The van der Waals surface area contributed by atoms with Gasteiger partial charge in [-0.05, 0) is 48.6 Å². The van der Waals surface area contributed by atoms with Crippen molar-refractivity contribution in [3.8, 4) is 11.5 Å². The summed E-state index contributed by atoms with van der Waals surface area (Å²) in [5, 5.41) is 3.03. The van der Waals surface area contributed by atoms with E-state index >= 15 is 0 Å². The molecule has 0 aromatic heterocycles. The maximum Gasteiger partial charge on any atom is 0.243 e. The molecule has 0 spiro atoms. The Hall–Kier alpha value is -3.80. The minimum Gasteiger partial charge on any atom is -0.486 e. The molecule has 3 aromatic carbocycles. The average Bonchev–Trinajstić information content (AvgIpc) is 2.92. The number of fused-ring (bicyclic) bond motifs is 1. The Balaban J connectivity index is 1.58. The monoisotopic (exact) mass is 500 g/mol. The van der Waals surface area contributed by atoms with E-state index in [4.69, 9.17) is 9.47 Å². The second-order valence-corrected chi connectivity index (χ2v) is 9.49. The largest absolute Gasteiger partial charge is 0.486 e. The number of benzene rings is 3. The number of hydrogen-bond acceptors (Lipinski definition) is 4. The second-order valence-electron chi connectivity index (χ2n) is 9.49. The van der Waals surface area contributed by atoms with Crippen molar-refractivity contribution in [2.24, 2.45) is 0 Å². The van der Waals surface area contributed by atoms with Crippen LogP contribution in [0.15, 0.2) is 72.8 Å². The Bertz CT molecular complexity index is 1190. The Kier molecular flexibility index (Phi) is 9.19. The van der Waals surface area contributed by atoms with Crippen LogP contribution in [0.25, 0.3) is 0 Å². The van der Waals surface area contributed by atoms with Gasteiger partial charge in [0.1, 0.15) is 19.3 Å². The summed E-state index contributed by atoms with van der Waals surface area (Å²) in [6.45, 7) is 6.07. The number of carbonyl (C=O) groups excluding carboxylic acids is 2. The van der Waals surface area contributed by atoms with Crippen LogP contribution < -0.4 is 14.8 Å². The fourth-order valence-corrected chi connectivity index (χ4v) is 4.57. The summed E-state index contributed by atoms with van der Waals surface area (Å²) in [4.78, 5) is 29.0. The Labute approximate surface area is 219 Å². The van der Waals surface area contributed by atoms with Crippen LogP contribution in [-0.2, 0) is 29.0 Å². The van der Waals surface area contributed by atoms with E-state index < -0.39 is 6.04 Å². The van der Waals surface area contributed by atoms with Gasteiger partial charge in [0.15, 0.2) is 11.5 Å². The van der Waals surface area contributed by atoms with Gasteiger partial charge in [-0.1, -0.05) is 73.2 Å². The van der Waals surface area contributed by atoms with Crippen molar-refractivity contribution < 1.29 is 19.1 Å². The zero-order valence-electron chi connectivity index (χ0n) is 21.7. The first-order valence-corrected chi connectivity index (χ1v) is 13.1. The number of nitrogens with zero attached hydrogens (tertiary/aromatic N) is 1. The molecule has 194 valence electrons. The third-order valence-corrected chi connectivity index (χ3v) is 6.49. The summed E-state index contributed by atoms with van der Waals surface area (Å²) in [5.41, 5.74) is 4.15. The van der Waals surface area contributed by atoms with Gasteiger partial charge in [-0.15, -0.1) is 0 Å². The lowest BCUT2D eigenvalue weighted by Crippen LogP contribution is -2.50. The van der Waals surface area contributed by atoms with Crippen molar-refractivity contribution in [2.45, 2.75) is 52.1 Å². The van der Waals surface area contributed by atoms with Gasteiger partial charge in [0.25, 0.3) is 0 Å². The number of amides is 2. The van der Waals surface area contributed by atoms with Crippen molar-refractivity contribution in [2.75, 3.05) is 19.8 Å². The van der Waals surface area contributed by atoms with E-state index in [2.05, 4.69) is 11.4 Å². The van der Waals surface area contributed by atoms with Crippen molar-refractivity contribution in [3.63, 3.8) is 0 Å². The fourth-order valence-electron chi connectivity index (χ4n) is 4.57. The number of hydrogen-bond donors (Lipinski definition) is 1. The van der Waals surface area contributed by atoms with Crippen molar-refractivity contribution in [3.05, 3.63) is 95.1 Å². The van der Waals surface area contributed by atoms with Crippen LogP contribution in [-0.4, -0.2) is 42.5 Å². The van der Waals surface area contributed by atoms with Crippen LogP contribution in [0.1, 0.15) is 42.0 Å². The molecule has 2 amide bonds. The summed E-state index contributed by atoms with van der Waals surface area (Å²) >= 11 is 0. The zero-order chi connectivity index (χ0) is 26.0. The SMILES string of the molecule is CCCNC(=O)[C@H](Cc1ccccc1)N(Cc1cccc(C)c1)C(=O)CCc1ccc2c(c1)OCCO2. The Morgan fingerprint density at radius 2 is 1.65 bits per heavy atom. The molecule has 0 aliphatic carbocycles. The number of aryl methyl sites for hydroxylation is 2. The molecular formula is C31H36N2O4.